The molecule has 3 heterocycles. The second-order valence-corrected chi connectivity index (χ2v) is 6.49. The molecule has 0 bridgehead atoms. The molecular weight excluding hydrogens is 306 g/mol. The van der Waals surface area contributed by atoms with E-state index in [9.17, 15) is 0 Å². The molecule has 0 aliphatic carbocycles. The van der Waals surface area contributed by atoms with Crippen LogP contribution < -0.4 is 0 Å². The summed E-state index contributed by atoms with van der Waals surface area (Å²) in [4.78, 5) is 2.41. The number of hydrogen-bond acceptors (Lipinski definition) is 6. The molecular formula is C17H27N5O2. The van der Waals surface area contributed by atoms with Gasteiger partial charge in [0.25, 0.3) is 0 Å². The van der Waals surface area contributed by atoms with E-state index in [0.717, 1.165) is 32.5 Å². The average Bonchev–Trinajstić information content (AvgIpc) is 3.10. The van der Waals surface area contributed by atoms with E-state index in [2.05, 4.69) is 41.0 Å². The molecule has 0 unspecified atom stereocenters. The van der Waals surface area contributed by atoms with Gasteiger partial charge in [-0.25, -0.2) is 0 Å². The summed E-state index contributed by atoms with van der Waals surface area (Å²) in [5.41, 5.74) is 3.87. The van der Waals surface area contributed by atoms with Crippen LogP contribution in [0.2, 0.25) is 0 Å². The van der Waals surface area contributed by atoms with Gasteiger partial charge >= 0.3 is 0 Å². The predicted octanol–water partition coefficient (Wildman–Crippen LogP) is 2.20. The van der Waals surface area contributed by atoms with Crippen LogP contribution in [0.5, 0.6) is 0 Å². The van der Waals surface area contributed by atoms with E-state index in [1.807, 2.05) is 11.7 Å². The molecule has 1 fully saturated rings. The first-order valence-corrected chi connectivity index (χ1v) is 8.73. The minimum atomic E-state index is -0.165. The highest BCUT2D eigenvalue weighted by molar-refractivity contribution is 5.26. The van der Waals surface area contributed by atoms with E-state index in [1.54, 1.807) is 6.92 Å². The molecule has 2 aromatic heterocycles. The Hall–Kier alpha value is -1.73. The quantitative estimate of drug-likeness (QED) is 0.835. The molecule has 24 heavy (non-hydrogen) atoms. The van der Waals surface area contributed by atoms with E-state index in [-0.39, 0.29) is 12.2 Å². The van der Waals surface area contributed by atoms with Gasteiger partial charge in [-0.15, -0.1) is 10.2 Å². The summed E-state index contributed by atoms with van der Waals surface area (Å²) in [5.74, 6) is 1.15. The van der Waals surface area contributed by atoms with Gasteiger partial charge in [0, 0.05) is 44.9 Å². The molecule has 1 saturated heterocycles. The zero-order valence-corrected chi connectivity index (χ0v) is 15.2. The van der Waals surface area contributed by atoms with Crippen LogP contribution in [-0.4, -0.2) is 44.1 Å². The molecule has 0 spiro atoms. The summed E-state index contributed by atoms with van der Waals surface area (Å²) >= 11 is 0. The number of morpholine rings is 1. The van der Waals surface area contributed by atoms with Gasteiger partial charge in [0.1, 0.15) is 6.10 Å². The van der Waals surface area contributed by atoms with Crippen LogP contribution >= 0.6 is 0 Å². The third kappa shape index (κ3) is 3.37. The zero-order chi connectivity index (χ0) is 17.3. The van der Waals surface area contributed by atoms with Crippen molar-refractivity contribution in [3.63, 3.8) is 0 Å². The SMILES string of the molecule is CCc1nn(C)c(CC)c1CN1C[C@@H](C)O[C@@H](c2nnc(C)o2)C1. The van der Waals surface area contributed by atoms with Crippen molar-refractivity contribution in [3.8, 4) is 0 Å². The van der Waals surface area contributed by atoms with Crippen molar-refractivity contribution < 1.29 is 9.15 Å². The molecule has 7 heteroatoms. The van der Waals surface area contributed by atoms with E-state index in [1.165, 1.54) is 17.0 Å². The highest BCUT2D eigenvalue weighted by Crippen LogP contribution is 2.27. The third-order valence-corrected chi connectivity index (χ3v) is 4.56. The monoisotopic (exact) mass is 333 g/mol. The van der Waals surface area contributed by atoms with Crippen molar-refractivity contribution in [2.45, 2.75) is 59.3 Å². The molecule has 0 N–H and O–H groups in total. The number of rotatable bonds is 5. The largest absolute Gasteiger partial charge is 0.423 e. The molecule has 0 radical (unpaired) electrons. The molecule has 0 saturated carbocycles. The van der Waals surface area contributed by atoms with Crippen LogP contribution in [0.15, 0.2) is 4.42 Å². The second-order valence-electron chi connectivity index (χ2n) is 6.49. The van der Waals surface area contributed by atoms with Gasteiger partial charge in [-0.1, -0.05) is 13.8 Å². The lowest BCUT2D eigenvalue weighted by Crippen LogP contribution is -2.42. The topological polar surface area (TPSA) is 69.2 Å². The van der Waals surface area contributed by atoms with Crippen LogP contribution in [0.1, 0.15) is 55.6 Å². The number of aromatic nitrogens is 4. The molecule has 2 aromatic rings. The molecule has 2 atom stereocenters. The van der Waals surface area contributed by atoms with Crippen molar-refractivity contribution in [2.75, 3.05) is 13.1 Å². The molecule has 0 amide bonds. The molecule has 3 rings (SSSR count). The van der Waals surface area contributed by atoms with Crippen molar-refractivity contribution in [1.82, 2.24) is 24.9 Å². The van der Waals surface area contributed by atoms with Crippen molar-refractivity contribution in [2.24, 2.45) is 7.05 Å². The fraction of sp³-hybridized carbons (Fsp3) is 0.706. The van der Waals surface area contributed by atoms with Gasteiger partial charge < -0.3 is 9.15 Å². The molecule has 132 valence electrons. The van der Waals surface area contributed by atoms with Crippen molar-refractivity contribution >= 4 is 0 Å². The van der Waals surface area contributed by atoms with E-state index in [0.29, 0.717) is 11.8 Å². The first kappa shape index (κ1) is 17.1. The lowest BCUT2D eigenvalue weighted by atomic mass is 10.1. The Labute approximate surface area is 143 Å². The molecule has 7 nitrogen and oxygen atoms in total. The summed E-state index contributed by atoms with van der Waals surface area (Å²) in [6.07, 6.45) is 1.91. The summed E-state index contributed by atoms with van der Waals surface area (Å²) in [7, 11) is 2.04. The van der Waals surface area contributed by atoms with Crippen LogP contribution in [0.4, 0.5) is 0 Å². The Bertz CT molecular complexity index is 693. The predicted molar refractivity (Wildman–Crippen MR) is 89.6 cm³/mol. The van der Waals surface area contributed by atoms with Crippen molar-refractivity contribution in [1.29, 1.82) is 0 Å². The minimum absolute atomic E-state index is 0.128. The fourth-order valence-corrected chi connectivity index (χ4v) is 3.54. The summed E-state index contributed by atoms with van der Waals surface area (Å²) in [6, 6.07) is 0. The first-order chi connectivity index (χ1) is 11.5. The zero-order valence-electron chi connectivity index (χ0n) is 15.2. The van der Waals surface area contributed by atoms with Gasteiger partial charge in [0.2, 0.25) is 11.8 Å². The maximum Gasteiger partial charge on any atom is 0.246 e. The molecule has 0 aromatic carbocycles. The van der Waals surface area contributed by atoms with Crippen molar-refractivity contribution in [3.05, 3.63) is 28.7 Å². The number of hydrogen-bond donors (Lipinski definition) is 0. The lowest BCUT2D eigenvalue weighted by molar-refractivity contribution is -0.0918. The Kier molecular flexibility index (Phi) is 5.01. The maximum absolute atomic E-state index is 6.01. The smallest absolute Gasteiger partial charge is 0.246 e. The van der Waals surface area contributed by atoms with Crippen LogP contribution in [0, 0.1) is 6.92 Å². The Morgan fingerprint density at radius 2 is 1.96 bits per heavy atom. The van der Waals surface area contributed by atoms with Crippen LogP contribution in [0.25, 0.3) is 0 Å². The summed E-state index contributed by atoms with van der Waals surface area (Å²) in [5, 5.41) is 12.7. The Morgan fingerprint density at radius 3 is 2.58 bits per heavy atom. The number of ether oxygens (including phenoxy) is 1. The number of aryl methyl sites for hydroxylation is 3. The third-order valence-electron chi connectivity index (χ3n) is 4.56. The first-order valence-electron chi connectivity index (χ1n) is 8.73. The van der Waals surface area contributed by atoms with E-state index < -0.39 is 0 Å². The fourth-order valence-electron chi connectivity index (χ4n) is 3.54. The average molecular weight is 333 g/mol. The van der Waals surface area contributed by atoms with Gasteiger partial charge in [0.05, 0.1) is 11.8 Å². The van der Waals surface area contributed by atoms with E-state index in [4.69, 9.17) is 9.15 Å². The number of nitrogens with zero attached hydrogens (tertiary/aromatic N) is 5. The highest BCUT2D eigenvalue weighted by atomic mass is 16.5. The Balaban J connectivity index is 1.79. The Morgan fingerprint density at radius 1 is 1.17 bits per heavy atom. The van der Waals surface area contributed by atoms with Gasteiger partial charge in [-0.2, -0.15) is 5.10 Å². The van der Waals surface area contributed by atoms with Gasteiger partial charge in [-0.05, 0) is 19.8 Å². The molecule has 1 aliphatic heterocycles. The van der Waals surface area contributed by atoms with E-state index >= 15 is 0 Å². The standard InChI is InChI=1S/C17H27N5O2/c1-6-14-13(15(7-2)21(5)20-14)9-22-8-11(3)23-16(10-22)17-19-18-12(4)24-17/h11,16H,6-10H2,1-5H3/t11-,16-/m1/s1. The molecule has 1 aliphatic rings. The second kappa shape index (κ2) is 7.03. The summed E-state index contributed by atoms with van der Waals surface area (Å²) < 4.78 is 13.6. The normalized spacial score (nSPS) is 22.2. The maximum atomic E-state index is 6.01. The van der Waals surface area contributed by atoms with Crippen LogP contribution in [0.3, 0.4) is 0 Å². The highest BCUT2D eigenvalue weighted by Gasteiger charge is 2.31. The van der Waals surface area contributed by atoms with Gasteiger partial charge in [0.15, 0.2) is 0 Å². The van der Waals surface area contributed by atoms with Crippen LogP contribution in [-0.2, 0) is 31.2 Å². The minimum Gasteiger partial charge on any atom is -0.423 e. The van der Waals surface area contributed by atoms with Gasteiger partial charge in [-0.3, -0.25) is 9.58 Å². The lowest BCUT2D eigenvalue weighted by Gasteiger charge is -2.35. The summed E-state index contributed by atoms with van der Waals surface area (Å²) in [6.45, 7) is 10.8.